The van der Waals surface area contributed by atoms with E-state index in [9.17, 15) is 8.42 Å². The molecule has 1 aromatic rings. The quantitative estimate of drug-likeness (QED) is 0.887. The molecule has 0 saturated heterocycles. The van der Waals surface area contributed by atoms with Gasteiger partial charge in [0.15, 0.2) is 0 Å². The summed E-state index contributed by atoms with van der Waals surface area (Å²) in [6, 6.07) is 3.82. The van der Waals surface area contributed by atoms with Crippen LogP contribution in [0.25, 0.3) is 0 Å². The Balaban J connectivity index is 1.90. The lowest BCUT2D eigenvalue weighted by molar-refractivity contribution is 0.519. The molecule has 5 heteroatoms. The van der Waals surface area contributed by atoms with Crippen molar-refractivity contribution in [1.29, 1.82) is 0 Å². The summed E-state index contributed by atoms with van der Waals surface area (Å²) < 4.78 is 26.6. The van der Waals surface area contributed by atoms with E-state index in [2.05, 4.69) is 9.71 Å². The molecule has 0 aromatic carbocycles. The molecule has 0 amide bonds. The highest BCUT2D eigenvalue weighted by Crippen LogP contribution is 2.35. The van der Waals surface area contributed by atoms with Gasteiger partial charge in [0.05, 0.1) is 4.75 Å². The van der Waals surface area contributed by atoms with Crippen molar-refractivity contribution in [3.05, 3.63) is 30.1 Å². The van der Waals surface area contributed by atoms with Gasteiger partial charge in [-0.25, -0.2) is 13.1 Å². The predicted molar refractivity (Wildman–Crippen MR) is 71.7 cm³/mol. The highest BCUT2D eigenvalue weighted by molar-refractivity contribution is 7.90. The Bertz CT molecular complexity index is 479. The second kappa shape index (κ2) is 5.36. The van der Waals surface area contributed by atoms with E-state index in [1.165, 1.54) is 0 Å². The fourth-order valence-electron chi connectivity index (χ4n) is 2.45. The van der Waals surface area contributed by atoms with Gasteiger partial charge in [-0.3, -0.25) is 4.98 Å². The minimum atomic E-state index is -3.20. The molecule has 2 rings (SSSR count). The molecule has 18 heavy (non-hydrogen) atoms. The summed E-state index contributed by atoms with van der Waals surface area (Å²) in [6.07, 6.45) is 7.74. The highest BCUT2D eigenvalue weighted by atomic mass is 32.2. The minimum Gasteiger partial charge on any atom is -0.265 e. The molecule has 0 aliphatic heterocycles. The first-order valence-corrected chi connectivity index (χ1v) is 7.90. The van der Waals surface area contributed by atoms with Gasteiger partial charge < -0.3 is 0 Å². The van der Waals surface area contributed by atoms with E-state index in [1.54, 1.807) is 12.4 Å². The molecule has 1 aromatic heterocycles. The van der Waals surface area contributed by atoms with Gasteiger partial charge in [-0.1, -0.05) is 12.8 Å². The molecular weight excluding hydrogens is 248 g/mol. The normalized spacial score (nSPS) is 18.9. The summed E-state index contributed by atoms with van der Waals surface area (Å²) in [5.41, 5.74) is 1.10. The monoisotopic (exact) mass is 268 g/mol. The third-order valence-electron chi connectivity index (χ3n) is 3.77. The van der Waals surface area contributed by atoms with Gasteiger partial charge in [-0.05, 0) is 43.9 Å². The van der Waals surface area contributed by atoms with Crippen molar-refractivity contribution >= 4 is 10.0 Å². The summed E-state index contributed by atoms with van der Waals surface area (Å²) in [6.45, 7) is 2.32. The molecule has 0 unspecified atom stereocenters. The van der Waals surface area contributed by atoms with Crippen molar-refractivity contribution in [3.63, 3.8) is 0 Å². The molecule has 0 spiro atoms. The van der Waals surface area contributed by atoms with E-state index >= 15 is 0 Å². The number of hydrogen-bond donors (Lipinski definition) is 1. The van der Waals surface area contributed by atoms with Crippen molar-refractivity contribution in [2.45, 2.75) is 43.8 Å². The minimum absolute atomic E-state index is 0.460. The van der Waals surface area contributed by atoms with E-state index in [0.717, 1.165) is 31.2 Å². The van der Waals surface area contributed by atoms with Crippen LogP contribution in [0.1, 0.15) is 38.2 Å². The number of nitrogens with zero attached hydrogens (tertiary/aromatic N) is 1. The highest BCUT2D eigenvalue weighted by Gasteiger charge is 2.41. The molecule has 1 aliphatic carbocycles. The maximum Gasteiger partial charge on any atom is 0.217 e. The number of nitrogens with one attached hydrogen (secondary N) is 1. The SMILES string of the molecule is CC1(S(=O)(=O)NCCc2ccncc2)CCCC1. The molecule has 1 aliphatic rings. The molecule has 0 bridgehead atoms. The van der Waals surface area contributed by atoms with Crippen LogP contribution >= 0.6 is 0 Å². The van der Waals surface area contributed by atoms with Crippen LogP contribution in [0.5, 0.6) is 0 Å². The lowest BCUT2D eigenvalue weighted by Gasteiger charge is -2.23. The van der Waals surface area contributed by atoms with Gasteiger partial charge in [0.2, 0.25) is 10.0 Å². The Kier molecular flexibility index (Phi) is 4.02. The van der Waals surface area contributed by atoms with Crippen molar-refractivity contribution in [2.75, 3.05) is 6.54 Å². The first-order valence-electron chi connectivity index (χ1n) is 6.42. The van der Waals surface area contributed by atoms with Crippen LogP contribution in [0.2, 0.25) is 0 Å². The van der Waals surface area contributed by atoms with Crippen molar-refractivity contribution < 1.29 is 8.42 Å². The van der Waals surface area contributed by atoms with E-state index in [0.29, 0.717) is 13.0 Å². The third kappa shape index (κ3) is 2.90. The Hall–Kier alpha value is -0.940. The van der Waals surface area contributed by atoms with Gasteiger partial charge in [-0.2, -0.15) is 0 Å². The molecule has 100 valence electrons. The Morgan fingerprint density at radius 1 is 1.28 bits per heavy atom. The van der Waals surface area contributed by atoms with Crippen molar-refractivity contribution in [1.82, 2.24) is 9.71 Å². The predicted octanol–water partition coefficient (Wildman–Crippen LogP) is 1.88. The number of pyridine rings is 1. The first-order chi connectivity index (χ1) is 8.54. The molecule has 1 heterocycles. The molecule has 1 fully saturated rings. The zero-order valence-corrected chi connectivity index (χ0v) is 11.5. The fraction of sp³-hybridized carbons (Fsp3) is 0.615. The summed E-state index contributed by atoms with van der Waals surface area (Å²) in [7, 11) is -3.20. The summed E-state index contributed by atoms with van der Waals surface area (Å²) in [5, 5.41) is 0. The topological polar surface area (TPSA) is 59.1 Å². The van der Waals surface area contributed by atoms with E-state index in [1.807, 2.05) is 19.1 Å². The molecule has 4 nitrogen and oxygen atoms in total. The fourth-order valence-corrected chi connectivity index (χ4v) is 3.99. The Labute approximate surface area is 109 Å². The van der Waals surface area contributed by atoms with Gasteiger partial charge >= 0.3 is 0 Å². The smallest absolute Gasteiger partial charge is 0.217 e. The van der Waals surface area contributed by atoms with Crippen molar-refractivity contribution in [2.24, 2.45) is 0 Å². The third-order valence-corrected chi connectivity index (χ3v) is 6.06. The summed E-state index contributed by atoms with van der Waals surface area (Å²) in [5.74, 6) is 0. The zero-order chi connectivity index (χ0) is 13.1. The van der Waals surface area contributed by atoms with Gasteiger partial charge in [0, 0.05) is 18.9 Å². The van der Waals surface area contributed by atoms with Crippen LogP contribution in [-0.4, -0.2) is 24.7 Å². The van der Waals surface area contributed by atoms with Crippen LogP contribution in [0.3, 0.4) is 0 Å². The van der Waals surface area contributed by atoms with E-state index < -0.39 is 14.8 Å². The van der Waals surface area contributed by atoms with Gasteiger partial charge in [0.25, 0.3) is 0 Å². The first kappa shape index (κ1) is 13.5. The van der Waals surface area contributed by atoms with Crippen LogP contribution in [0, 0.1) is 0 Å². The Morgan fingerprint density at radius 2 is 1.89 bits per heavy atom. The zero-order valence-electron chi connectivity index (χ0n) is 10.7. The van der Waals surface area contributed by atoms with Gasteiger partial charge in [0.1, 0.15) is 0 Å². The molecule has 1 saturated carbocycles. The molecular formula is C13H20N2O2S. The second-order valence-corrected chi connectivity index (χ2v) is 7.44. The summed E-state index contributed by atoms with van der Waals surface area (Å²) in [4.78, 5) is 3.94. The van der Waals surface area contributed by atoms with E-state index in [4.69, 9.17) is 0 Å². The number of rotatable bonds is 5. The van der Waals surface area contributed by atoms with Crippen LogP contribution < -0.4 is 4.72 Å². The van der Waals surface area contributed by atoms with E-state index in [-0.39, 0.29) is 0 Å². The largest absolute Gasteiger partial charge is 0.265 e. The number of sulfonamides is 1. The number of aromatic nitrogens is 1. The molecule has 1 N–H and O–H groups in total. The van der Waals surface area contributed by atoms with Gasteiger partial charge in [-0.15, -0.1) is 0 Å². The average Bonchev–Trinajstić information content (AvgIpc) is 2.79. The number of hydrogen-bond acceptors (Lipinski definition) is 3. The second-order valence-electron chi connectivity index (χ2n) is 5.16. The van der Waals surface area contributed by atoms with Crippen LogP contribution in [0.15, 0.2) is 24.5 Å². The maximum atomic E-state index is 12.2. The maximum absolute atomic E-state index is 12.2. The van der Waals surface area contributed by atoms with Crippen molar-refractivity contribution in [3.8, 4) is 0 Å². The summed E-state index contributed by atoms with van der Waals surface area (Å²) >= 11 is 0. The lowest BCUT2D eigenvalue weighted by atomic mass is 10.1. The Morgan fingerprint density at radius 3 is 2.50 bits per heavy atom. The molecule has 0 atom stereocenters. The lowest BCUT2D eigenvalue weighted by Crippen LogP contribution is -2.42. The van der Waals surface area contributed by atoms with Crippen LogP contribution in [0.4, 0.5) is 0 Å². The van der Waals surface area contributed by atoms with Crippen LogP contribution in [-0.2, 0) is 16.4 Å². The standard InChI is InChI=1S/C13H20N2O2S/c1-13(7-2-3-8-13)18(16,17)15-11-6-12-4-9-14-10-5-12/h4-5,9-10,15H,2-3,6-8,11H2,1H3. The molecule has 0 radical (unpaired) electrons. The average molecular weight is 268 g/mol.